The van der Waals surface area contributed by atoms with Gasteiger partial charge in [-0.3, -0.25) is 4.57 Å². The Morgan fingerprint density at radius 3 is 1.58 bits per heavy atom. The Hall–Kier alpha value is -8.11. The third kappa shape index (κ3) is 10.4. The minimum absolute atomic E-state index is 0. The molecule has 3 aromatic heterocycles. The molecule has 0 N–H and O–H groups in total. The summed E-state index contributed by atoms with van der Waals surface area (Å²) in [5, 5.41) is 2.21. The molecule has 0 radical (unpaired) electrons. The van der Waals surface area contributed by atoms with Crippen LogP contribution in [0.2, 0.25) is 0 Å². The number of hydrogen-bond acceptors (Lipinski definition) is 2. The maximum atomic E-state index is 6.94. The first-order valence-electron chi connectivity index (χ1n) is 30.1. The first kappa shape index (κ1) is 58.3. The number of aromatic nitrogens is 4. The number of fused-ring (bicyclic) bond motifs is 10. The summed E-state index contributed by atoms with van der Waals surface area (Å²) in [6.45, 7) is 34.5. The summed E-state index contributed by atoms with van der Waals surface area (Å²) in [4.78, 5) is 4.94. The van der Waals surface area contributed by atoms with Crippen LogP contribution >= 0.6 is 0 Å². The fourth-order valence-corrected chi connectivity index (χ4v) is 12.3. The average molecular weight is 1300 g/mol. The number of imidazole rings is 1. The second kappa shape index (κ2) is 21.1. The van der Waals surface area contributed by atoms with Crippen molar-refractivity contribution in [3.8, 4) is 84.3 Å². The largest absolute Gasteiger partial charge is 0.510 e. The van der Waals surface area contributed by atoms with Crippen LogP contribution in [0.15, 0.2) is 188 Å². The van der Waals surface area contributed by atoms with E-state index < -0.39 is 0 Å². The van der Waals surface area contributed by atoms with Gasteiger partial charge in [0.2, 0.25) is 0 Å². The Bertz CT molecular complexity index is 4600. The molecule has 0 spiro atoms. The quantitative estimate of drug-likeness (QED) is 0.123. The van der Waals surface area contributed by atoms with E-state index in [2.05, 4.69) is 306 Å². The second-order valence-corrected chi connectivity index (χ2v) is 28.6. The van der Waals surface area contributed by atoms with Crippen molar-refractivity contribution in [3.63, 3.8) is 0 Å². The third-order valence-electron chi connectivity index (χ3n) is 17.4. The van der Waals surface area contributed by atoms with Crippen molar-refractivity contribution in [2.75, 3.05) is 0 Å². The molecule has 0 atom stereocenters. The van der Waals surface area contributed by atoms with E-state index >= 15 is 0 Å². The molecular weight excluding hydrogens is 1230 g/mol. The number of rotatable bonds is 6. The number of ether oxygens (including phenoxy) is 1. The Labute approximate surface area is 523 Å². The molecule has 13 rings (SSSR count). The van der Waals surface area contributed by atoms with Gasteiger partial charge >= 0.3 is 0 Å². The van der Waals surface area contributed by atoms with E-state index in [1.807, 2.05) is 18.3 Å². The van der Waals surface area contributed by atoms with Gasteiger partial charge in [-0.05, 0) is 146 Å². The smallest absolute Gasteiger partial charge is 0.268 e. The van der Waals surface area contributed by atoms with Gasteiger partial charge in [-0.15, -0.1) is 29.7 Å². The molecule has 4 heterocycles. The number of benzene rings is 9. The van der Waals surface area contributed by atoms with Crippen LogP contribution < -0.4 is 9.30 Å². The van der Waals surface area contributed by atoms with Crippen LogP contribution in [0.25, 0.3) is 106 Å². The number of para-hydroxylation sites is 1. The van der Waals surface area contributed by atoms with Crippen LogP contribution in [0.1, 0.15) is 132 Å². The molecule has 0 amide bonds. The van der Waals surface area contributed by atoms with E-state index in [1.54, 1.807) is 0 Å². The monoisotopic (exact) mass is 1300 g/mol. The molecule has 0 fully saturated rings. The van der Waals surface area contributed by atoms with Crippen molar-refractivity contribution in [2.24, 2.45) is 0 Å². The van der Waals surface area contributed by atoms with Crippen molar-refractivity contribution >= 4 is 32.8 Å². The number of nitrogens with zero attached hydrogens (tertiary/aromatic N) is 4. The van der Waals surface area contributed by atoms with Crippen molar-refractivity contribution in [2.45, 2.75) is 131 Å². The normalized spacial score (nSPS) is 12.7. The van der Waals surface area contributed by atoms with Gasteiger partial charge in [-0.25, -0.2) is 4.98 Å². The molecule has 0 bridgehead atoms. The van der Waals surface area contributed by atoms with Gasteiger partial charge in [0.05, 0.1) is 16.7 Å². The molecule has 0 unspecified atom stereocenters. The van der Waals surface area contributed by atoms with Crippen molar-refractivity contribution < 1.29 is 30.4 Å². The summed E-state index contributed by atoms with van der Waals surface area (Å²) in [6, 6.07) is 74.9. The Morgan fingerprint density at radius 2 is 0.953 bits per heavy atom. The topological polar surface area (TPSA) is 35.9 Å². The first-order valence-corrected chi connectivity index (χ1v) is 30.1. The van der Waals surface area contributed by atoms with Crippen LogP contribution in [0.4, 0.5) is 0 Å². The summed E-state index contributed by atoms with van der Waals surface area (Å²) in [5.41, 5.74) is 23.2. The molecule has 1 aliphatic heterocycles. The average Bonchev–Trinajstić information content (AvgIpc) is 1.56. The maximum absolute atomic E-state index is 6.94. The summed E-state index contributed by atoms with van der Waals surface area (Å²) in [5.74, 6) is 1.98. The molecule has 0 aliphatic carbocycles. The Morgan fingerprint density at radius 1 is 0.395 bits per heavy atom. The minimum Gasteiger partial charge on any atom is -0.510 e. The van der Waals surface area contributed by atoms with E-state index in [0.717, 1.165) is 83.4 Å². The fraction of sp³-hybridized carbons (Fsp3) is 0.250. The van der Waals surface area contributed by atoms with Gasteiger partial charge in [0.15, 0.2) is 0 Å². The summed E-state index contributed by atoms with van der Waals surface area (Å²) < 4.78 is 13.8. The zero-order valence-corrected chi connectivity index (χ0v) is 54.7. The molecule has 12 aromatic rings. The van der Waals surface area contributed by atoms with Gasteiger partial charge < -0.3 is 13.9 Å². The van der Waals surface area contributed by atoms with Crippen molar-refractivity contribution in [1.82, 2.24) is 14.1 Å². The second-order valence-electron chi connectivity index (χ2n) is 28.6. The number of hydrogen-bond donors (Lipinski definition) is 0. The van der Waals surface area contributed by atoms with Crippen LogP contribution in [0.3, 0.4) is 0 Å². The standard InChI is InChI=1S/C80H76N4O.Pt/c1-76(2,3)53-33-31-50(32-34-53)51-41-68-63-27-18-16-25-61(63)62-26-17-19-28-64(62)69-45-57(80(13,14)15)44-67(52-39-55(78(7,8)9)43-56(40-52)79(10,11)12)74(69)83-49-82(72(42-51)75(68)83)58-23-22-24-59(47-58)85-60-35-36-66-65-29-20-21-30-70(65)84(71(66)48-60)73-46-54(37-38-81-73)77(4,5)6;/h16-46H,1-15H3;/q-2;. The third-order valence-corrected chi connectivity index (χ3v) is 17.4. The first-order chi connectivity index (χ1) is 40.3. The van der Waals surface area contributed by atoms with Gasteiger partial charge in [0.25, 0.3) is 6.33 Å². The summed E-state index contributed by atoms with van der Waals surface area (Å²) >= 11 is 0. The molecule has 6 heteroatoms. The minimum atomic E-state index is -0.184. The zero-order valence-electron chi connectivity index (χ0n) is 52.4. The van der Waals surface area contributed by atoms with Gasteiger partial charge in [0, 0.05) is 44.3 Å². The van der Waals surface area contributed by atoms with E-state index in [-0.39, 0.29) is 48.1 Å². The van der Waals surface area contributed by atoms with Crippen LogP contribution in [0.5, 0.6) is 11.5 Å². The predicted molar refractivity (Wildman–Crippen MR) is 354 cm³/mol. The van der Waals surface area contributed by atoms with Crippen LogP contribution in [-0.4, -0.2) is 14.1 Å². The van der Waals surface area contributed by atoms with Crippen LogP contribution in [-0.2, 0) is 48.1 Å². The molecule has 1 aliphatic rings. The summed E-state index contributed by atoms with van der Waals surface area (Å²) in [6.07, 6.45) is 6.04. The molecule has 0 saturated heterocycles. The molecule has 86 heavy (non-hydrogen) atoms. The molecule has 0 saturated carbocycles. The zero-order chi connectivity index (χ0) is 59.7. The van der Waals surface area contributed by atoms with Crippen LogP contribution in [0, 0.1) is 18.5 Å². The number of pyridine rings is 1. The van der Waals surface area contributed by atoms with E-state index in [4.69, 9.17) is 9.72 Å². The fourth-order valence-electron chi connectivity index (χ4n) is 12.3. The molecule has 5 nitrogen and oxygen atoms in total. The van der Waals surface area contributed by atoms with E-state index in [0.29, 0.717) is 11.5 Å². The van der Waals surface area contributed by atoms with Crippen molar-refractivity contribution in [1.29, 1.82) is 0 Å². The predicted octanol–water partition coefficient (Wildman–Crippen LogP) is 20.7. The summed E-state index contributed by atoms with van der Waals surface area (Å²) in [7, 11) is 0. The molecule has 9 aromatic carbocycles. The maximum Gasteiger partial charge on any atom is 0.268 e. The van der Waals surface area contributed by atoms with Gasteiger partial charge in [-0.1, -0.05) is 237 Å². The Kier molecular flexibility index (Phi) is 14.3. The molecular formula is C80H76N4OPt-2. The Balaban J connectivity index is 0.00000724. The van der Waals surface area contributed by atoms with Gasteiger partial charge in [-0.2, -0.15) is 18.2 Å². The van der Waals surface area contributed by atoms with Crippen molar-refractivity contribution in [3.05, 3.63) is 234 Å². The van der Waals surface area contributed by atoms with E-state index in [9.17, 15) is 0 Å². The van der Waals surface area contributed by atoms with E-state index in [1.165, 1.54) is 50.1 Å². The SMILES string of the molecule is CC(C)(C)c1ccc(-c2cc3c4c(c2)n(-c2[c-]c(Oc5[c-]c6c(cc5)c5ccccc5n6-c5cc(C(C)(C)C)ccn5)ccc2)[c-][n+]4-c2c(-c4cc(C(C)(C)C)cc(C(C)(C)C)c4)cc(C(C)(C)C)cc2-c2ccccc2-c2ccccc2-3)cc1.[Pt]. The molecule has 434 valence electrons. The van der Waals surface area contributed by atoms with Gasteiger partial charge in [0.1, 0.15) is 5.82 Å².